The molecule has 1 saturated carbocycles. The van der Waals surface area contributed by atoms with Gasteiger partial charge in [-0.05, 0) is 59.6 Å². The van der Waals surface area contributed by atoms with Gasteiger partial charge in [-0.25, -0.2) is 4.79 Å². The molecule has 2 aromatic carbocycles. The Labute approximate surface area is 212 Å². The summed E-state index contributed by atoms with van der Waals surface area (Å²) in [5.74, 6) is -0.0853. The third-order valence-electron chi connectivity index (χ3n) is 6.79. The predicted molar refractivity (Wildman–Crippen MR) is 143 cm³/mol. The fraction of sp³-hybridized carbons (Fsp3) is 0.500. The van der Waals surface area contributed by atoms with Crippen molar-refractivity contribution in [3.05, 3.63) is 59.7 Å². The summed E-state index contributed by atoms with van der Waals surface area (Å²) in [7, 11) is 0. The molecule has 0 unspecified atom stereocenters. The normalized spacial score (nSPS) is 15.9. The van der Waals surface area contributed by atoms with Gasteiger partial charge in [0.25, 0.3) is 5.91 Å². The number of aliphatic hydroxyl groups is 1. The predicted octanol–water partition coefficient (Wildman–Crippen LogP) is 4.71. The lowest BCUT2D eigenvalue weighted by Crippen LogP contribution is -2.41. The van der Waals surface area contributed by atoms with Gasteiger partial charge in [0.05, 0.1) is 6.61 Å². The van der Waals surface area contributed by atoms with E-state index in [0.717, 1.165) is 23.1 Å². The quantitative estimate of drug-likeness (QED) is 0.319. The molecule has 0 heterocycles. The zero-order valence-electron chi connectivity index (χ0n) is 20.5. The van der Waals surface area contributed by atoms with Crippen molar-refractivity contribution in [2.75, 3.05) is 18.6 Å². The molecule has 6 nitrogen and oxygen atoms in total. The molecule has 4 N–H and O–H groups in total. The van der Waals surface area contributed by atoms with E-state index in [-0.39, 0.29) is 18.6 Å². The van der Waals surface area contributed by atoms with Crippen LogP contribution in [0.1, 0.15) is 60.9 Å². The summed E-state index contributed by atoms with van der Waals surface area (Å²) in [4.78, 5) is 24.8. The molecule has 35 heavy (non-hydrogen) atoms. The monoisotopic (exact) mass is 498 g/mol. The molecule has 2 atom stereocenters. The summed E-state index contributed by atoms with van der Waals surface area (Å²) in [6, 6.07) is 14.5. The summed E-state index contributed by atoms with van der Waals surface area (Å²) >= 11 is 1.55. The molecule has 0 aliphatic heterocycles. The van der Waals surface area contributed by atoms with Crippen molar-refractivity contribution in [2.24, 2.45) is 5.92 Å². The Balaban J connectivity index is 1.76. The number of hydrogen-bond donors (Lipinski definition) is 4. The number of aliphatic carboxylic acids is 1. The Morgan fingerprint density at radius 2 is 1.83 bits per heavy atom. The zero-order valence-corrected chi connectivity index (χ0v) is 21.4. The van der Waals surface area contributed by atoms with Crippen molar-refractivity contribution in [3.8, 4) is 11.1 Å². The van der Waals surface area contributed by atoms with Crippen LogP contribution in [0, 0.1) is 5.92 Å². The van der Waals surface area contributed by atoms with Crippen molar-refractivity contribution in [3.63, 3.8) is 0 Å². The molecule has 190 valence electrons. The maximum atomic E-state index is 13.1. The lowest BCUT2D eigenvalue weighted by atomic mass is 9.85. The molecule has 0 radical (unpaired) electrons. The minimum Gasteiger partial charge on any atom is -0.480 e. The summed E-state index contributed by atoms with van der Waals surface area (Å²) in [5.41, 5.74) is 3.14. The molecule has 0 aromatic heterocycles. The number of carbonyl (C=O) groups is 2. The highest BCUT2D eigenvalue weighted by atomic mass is 32.2. The molecule has 1 aliphatic carbocycles. The number of carboxylic acids is 1. The van der Waals surface area contributed by atoms with Crippen molar-refractivity contribution >= 4 is 23.6 Å². The summed E-state index contributed by atoms with van der Waals surface area (Å²) in [5, 5.41) is 25.6. The minimum atomic E-state index is -1.03. The first-order valence-electron chi connectivity index (χ1n) is 12.6. The van der Waals surface area contributed by atoms with Crippen LogP contribution in [0.15, 0.2) is 48.5 Å². The average Bonchev–Trinajstić information content (AvgIpc) is 2.89. The maximum absolute atomic E-state index is 13.1. The molecule has 1 fully saturated rings. The molecule has 1 aliphatic rings. The van der Waals surface area contributed by atoms with Crippen molar-refractivity contribution in [2.45, 2.75) is 63.6 Å². The van der Waals surface area contributed by atoms with Gasteiger partial charge >= 0.3 is 5.97 Å². The van der Waals surface area contributed by atoms with Crippen LogP contribution in [0.2, 0.25) is 0 Å². The SMILES string of the molecule is CSCC[C@H](NC(=O)c1ccc(CN[C@H](CO)CC2CCCCC2)cc1-c1ccccc1)C(=O)O. The second-order valence-corrected chi connectivity index (χ2v) is 10.4. The van der Waals surface area contributed by atoms with Crippen molar-refractivity contribution < 1.29 is 19.8 Å². The lowest BCUT2D eigenvalue weighted by Gasteiger charge is -2.26. The summed E-state index contributed by atoms with van der Waals surface area (Å²) in [6.45, 7) is 0.695. The van der Waals surface area contributed by atoms with E-state index in [1.807, 2.05) is 48.7 Å². The van der Waals surface area contributed by atoms with Gasteiger partial charge in [-0.2, -0.15) is 11.8 Å². The van der Waals surface area contributed by atoms with Gasteiger partial charge < -0.3 is 20.8 Å². The largest absolute Gasteiger partial charge is 0.480 e. The summed E-state index contributed by atoms with van der Waals surface area (Å²) in [6.07, 6.45) is 9.64. The molecule has 2 aromatic rings. The van der Waals surface area contributed by atoms with E-state index < -0.39 is 12.0 Å². The van der Waals surface area contributed by atoms with Crippen LogP contribution in [0.25, 0.3) is 11.1 Å². The second kappa shape index (κ2) is 14.3. The standard InChI is InChI=1S/C28H38N2O4S/c1-35-15-14-26(28(33)34)30-27(32)24-13-12-21(17-25(24)22-10-6-3-7-11-22)18-29-23(19-31)16-20-8-4-2-5-9-20/h3,6-7,10-13,17,20,23,26,29,31H,2,4-5,8-9,14-16,18-19H2,1H3,(H,30,32)(H,33,34)/t23-,26-/m0/s1. The van der Waals surface area contributed by atoms with Crippen molar-refractivity contribution in [1.29, 1.82) is 0 Å². The topological polar surface area (TPSA) is 98.7 Å². The second-order valence-electron chi connectivity index (χ2n) is 9.39. The molecule has 0 saturated heterocycles. The number of nitrogens with one attached hydrogen (secondary N) is 2. The van der Waals surface area contributed by atoms with Crippen LogP contribution in [-0.2, 0) is 11.3 Å². The minimum absolute atomic E-state index is 0.0500. The molecule has 1 amide bonds. The molecule has 0 bridgehead atoms. The van der Waals surface area contributed by atoms with Crippen LogP contribution in [0.3, 0.4) is 0 Å². The van der Waals surface area contributed by atoms with Gasteiger partial charge in [-0.15, -0.1) is 0 Å². The van der Waals surface area contributed by atoms with E-state index in [4.69, 9.17) is 0 Å². The van der Waals surface area contributed by atoms with E-state index in [1.165, 1.54) is 32.1 Å². The van der Waals surface area contributed by atoms with E-state index in [0.29, 0.717) is 30.2 Å². The molecular weight excluding hydrogens is 460 g/mol. The van der Waals surface area contributed by atoms with Crippen LogP contribution in [0.5, 0.6) is 0 Å². The number of thioether (sulfide) groups is 1. The highest BCUT2D eigenvalue weighted by Gasteiger charge is 2.23. The van der Waals surface area contributed by atoms with Crippen LogP contribution in [-0.4, -0.2) is 52.8 Å². The fourth-order valence-electron chi connectivity index (χ4n) is 4.79. The Bertz CT molecular complexity index is 947. The van der Waals surface area contributed by atoms with Crippen LogP contribution >= 0.6 is 11.8 Å². The van der Waals surface area contributed by atoms with Gasteiger partial charge in [-0.1, -0.05) is 68.5 Å². The van der Waals surface area contributed by atoms with Gasteiger partial charge in [0.2, 0.25) is 0 Å². The van der Waals surface area contributed by atoms with Gasteiger partial charge in [0, 0.05) is 18.2 Å². The van der Waals surface area contributed by atoms with E-state index in [2.05, 4.69) is 10.6 Å². The van der Waals surface area contributed by atoms with Gasteiger partial charge in [0.1, 0.15) is 6.04 Å². The van der Waals surface area contributed by atoms with E-state index in [9.17, 15) is 19.8 Å². The third kappa shape index (κ3) is 8.37. The number of rotatable bonds is 13. The van der Waals surface area contributed by atoms with Gasteiger partial charge in [0.15, 0.2) is 0 Å². The van der Waals surface area contributed by atoms with Crippen LogP contribution < -0.4 is 10.6 Å². The average molecular weight is 499 g/mol. The highest BCUT2D eigenvalue weighted by Crippen LogP contribution is 2.28. The Hall–Kier alpha value is -2.35. The zero-order chi connectivity index (χ0) is 25.0. The first kappa shape index (κ1) is 27.2. The summed E-state index contributed by atoms with van der Waals surface area (Å²) < 4.78 is 0. The third-order valence-corrected chi connectivity index (χ3v) is 7.43. The Morgan fingerprint density at radius 3 is 2.49 bits per heavy atom. The maximum Gasteiger partial charge on any atom is 0.326 e. The van der Waals surface area contributed by atoms with E-state index in [1.54, 1.807) is 17.8 Å². The Morgan fingerprint density at radius 1 is 1.09 bits per heavy atom. The Kier molecular flexibility index (Phi) is 11.1. The number of amides is 1. The number of hydrogen-bond acceptors (Lipinski definition) is 5. The molecular formula is C28H38N2O4S. The highest BCUT2D eigenvalue weighted by molar-refractivity contribution is 7.98. The first-order valence-corrected chi connectivity index (χ1v) is 14.0. The fourth-order valence-corrected chi connectivity index (χ4v) is 5.27. The van der Waals surface area contributed by atoms with Crippen molar-refractivity contribution in [1.82, 2.24) is 10.6 Å². The van der Waals surface area contributed by atoms with Gasteiger partial charge in [-0.3, -0.25) is 4.79 Å². The number of benzene rings is 2. The number of carbonyl (C=O) groups excluding carboxylic acids is 1. The van der Waals surface area contributed by atoms with Crippen LogP contribution in [0.4, 0.5) is 0 Å². The number of carboxylic acid groups (broad SMARTS) is 1. The molecule has 7 heteroatoms. The molecule has 3 rings (SSSR count). The lowest BCUT2D eigenvalue weighted by molar-refractivity contribution is -0.139. The molecule has 0 spiro atoms. The first-order chi connectivity index (χ1) is 17.0. The smallest absolute Gasteiger partial charge is 0.326 e. The van der Waals surface area contributed by atoms with E-state index >= 15 is 0 Å². The number of aliphatic hydroxyl groups excluding tert-OH is 1.